The van der Waals surface area contributed by atoms with Crippen LogP contribution in [-0.4, -0.2) is 60.9 Å². The van der Waals surface area contributed by atoms with Crippen molar-refractivity contribution in [2.24, 2.45) is 0 Å². The molecule has 3 aromatic rings. The Labute approximate surface area is 189 Å². The van der Waals surface area contributed by atoms with E-state index in [4.69, 9.17) is 0 Å². The Morgan fingerprint density at radius 3 is 1.94 bits per heavy atom. The third-order valence-corrected chi connectivity index (χ3v) is 6.14. The smallest absolute Gasteiger partial charge is 0.238 e. The number of hydrogen-bond acceptors (Lipinski definition) is 4. The van der Waals surface area contributed by atoms with E-state index < -0.39 is 0 Å². The minimum atomic E-state index is -0.0116. The molecule has 3 aromatic carbocycles. The molecule has 6 nitrogen and oxygen atoms in total. The molecule has 0 aromatic heterocycles. The van der Waals surface area contributed by atoms with E-state index in [1.54, 1.807) is 0 Å². The number of anilines is 2. The van der Waals surface area contributed by atoms with Crippen molar-refractivity contribution in [1.82, 2.24) is 9.80 Å². The van der Waals surface area contributed by atoms with Gasteiger partial charge in [-0.2, -0.15) is 0 Å². The van der Waals surface area contributed by atoms with Crippen LogP contribution < -0.4 is 10.6 Å². The Balaban J connectivity index is 1.24. The van der Waals surface area contributed by atoms with Gasteiger partial charge in [0.2, 0.25) is 11.8 Å². The molecule has 0 saturated carbocycles. The van der Waals surface area contributed by atoms with Gasteiger partial charge in [-0.1, -0.05) is 48.5 Å². The molecule has 1 aliphatic rings. The number of nitrogens with one attached hydrogen (secondary N) is 2. The van der Waals surface area contributed by atoms with Crippen LogP contribution in [0.5, 0.6) is 0 Å². The van der Waals surface area contributed by atoms with Gasteiger partial charge in [-0.15, -0.1) is 0 Å². The van der Waals surface area contributed by atoms with Gasteiger partial charge in [0.25, 0.3) is 0 Å². The Morgan fingerprint density at radius 1 is 0.719 bits per heavy atom. The number of piperazine rings is 1. The second-order valence-electron chi connectivity index (χ2n) is 8.42. The summed E-state index contributed by atoms with van der Waals surface area (Å²) in [5, 5.41) is 8.23. The topological polar surface area (TPSA) is 64.7 Å². The lowest BCUT2D eigenvalue weighted by molar-refractivity contribution is -0.120. The fraction of sp³-hybridized carbons (Fsp3) is 0.308. The maximum Gasteiger partial charge on any atom is 0.238 e. The summed E-state index contributed by atoms with van der Waals surface area (Å²) < 4.78 is 0. The lowest BCUT2D eigenvalue weighted by Gasteiger charge is -2.33. The first-order chi connectivity index (χ1) is 15.5. The SMILES string of the molecule is Cc1cccc(NC(=O)CN2CCN(CC(=O)Nc3cccc4ccccc34)CC2)c1C. The molecule has 1 fully saturated rings. The van der Waals surface area contributed by atoms with E-state index in [9.17, 15) is 9.59 Å². The van der Waals surface area contributed by atoms with E-state index in [0.717, 1.165) is 59.5 Å². The number of hydrogen-bond donors (Lipinski definition) is 2. The summed E-state index contributed by atoms with van der Waals surface area (Å²) in [6, 6.07) is 19.9. The Bertz CT molecular complexity index is 1110. The van der Waals surface area contributed by atoms with Crippen molar-refractivity contribution in [3.05, 3.63) is 71.8 Å². The third-order valence-electron chi connectivity index (χ3n) is 6.14. The predicted molar refractivity (Wildman–Crippen MR) is 130 cm³/mol. The number of aryl methyl sites for hydroxylation is 1. The first-order valence-electron chi connectivity index (χ1n) is 11.1. The summed E-state index contributed by atoms with van der Waals surface area (Å²) in [6.07, 6.45) is 0. The fourth-order valence-corrected chi connectivity index (χ4v) is 4.11. The zero-order valence-corrected chi connectivity index (χ0v) is 18.7. The van der Waals surface area contributed by atoms with Crippen LogP contribution in [0.2, 0.25) is 0 Å². The molecule has 2 amide bonds. The van der Waals surface area contributed by atoms with Crippen LogP contribution in [0.4, 0.5) is 11.4 Å². The van der Waals surface area contributed by atoms with Crippen LogP contribution in [0.15, 0.2) is 60.7 Å². The van der Waals surface area contributed by atoms with E-state index in [2.05, 4.69) is 20.4 Å². The van der Waals surface area contributed by atoms with Crippen molar-refractivity contribution in [3.8, 4) is 0 Å². The molecule has 2 N–H and O–H groups in total. The van der Waals surface area contributed by atoms with Gasteiger partial charge in [0.1, 0.15) is 0 Å². The van der Waals surface area contributed by atoms with Crippen molar-refractivity contribution < 1.29 is 9.59 Å². The summed E-state index contributed by atoms with van der Waals surface area (Å²) in [6.45, 7) is 7.84. The molecule has 0 unspecified atom stereocenters. The molecule has 0 atom stereocenters. The molecule has 1 saturated heterocycles. The average Bonchev–Trinajstić information content (AvgIpc) is 2.78. The van der Waals surface area contributed by atoms with Crippen molar-refractivity contribution in [1.29, 1.82) is 0 Å². The van der Waals surface area contributed by atoms with Crippen molar-refractivity contribution >= 4 is 34.0 Å². The highest BCUT2D eigenvalue weighted by Gasteiger charge is 2.21. The predicted octanol–water partition coefficient (Wildman–Crippen LogP) is 3.65. The van der Waals surface area contributed by atoms with Crippen LogP contribution in [0, 0.1) is 13.8 Å². The van der Waals surface area contributed by atoms with Crippen LogP contribution in [-0.2, 0) is 9.59 Å². The summed E-state index contributed by atoms with van der Waals surface area (Å²) in [5.74, 6) is -0.0108. The zero-order chi connectivity index (χ0) is 22.5. The third kappa shape index (κ3) is 5.33. The van der Waals surface area contributed by atoms with Gasteiger partial charge >= 0.3 is 0 Å². The molecule has 0 bridgehead atoms. The van der Waals surface area contributed by atoms with Gasteiger partial charge in [0, 0.05) is 42.9 Å². The summed E-state index contributed by atoms with van der Waals surface area (Å²) in [5.41, 5.74) is 3.98. The van der Waals surface area contributed by atoms with Crippen molar-refractivity contribution in [2.75, 3.05) is 49.9 Å². The highest BCUT2D eigenvalue weighted by molar-refractivity contribution is 6.02. The molecule has 1 aliphatic heterocycles. The Morgan fingerprint density at radius 2 is 1.25 bits per heavy atom. The number of fused-ring (bicyclic) bond motifs is 1. The van der Waals surface area contributed by atoms with E-state index in [0.29, 0.717) is 13.1 Å². The van der Waals surface area contributed by atoms with Gasteiger partial charge in [-0.05, 0) is 42.5 Å². The number of carbonyl (C=O) groups excluding carboxylic acids is 2. The molecular weight excluding hydrogens is 400 g/mol. The lowest BCUT2D eigenvalue weighted by atomic mass is 10.1. The number of amides is 2. The molecule has 0 radical (unpaired) electrons. The van der Waals surface area contributed by atoms with Gasteiger partial charge in [0.05, 0.1) is 13.1 Å². The van der Waals surface area contributed by atoms with E-state index in [1.165, 1.54) is 0 Å². The summed E-state index contributed by atoms with van der Waals surface area (Å²) in [7, 11) is 0. The van der Waals surface area contributed by atoms with Crippen molar-refractivity contribution in [2.45, 2.75) is 13.8 Å². The Hall–Kier alpha value is -3.22. The van der Waals surface area contributed by atoms with Crippen molar-refractivity contribution in [3.63, 3.8) is 0 Å². The van der Waals surface area contributed by atoms with Gasteiger partial charge < -0.3 is 10.6 Å². The normalized spacial score (nSPS) is 14.9. The van der Waals surface area contributed by atoms with Crippen LogP contribution in [0.1, 0.15) is 11.1 Å². The first-order valence-corrected chi connectivity index (χ1v) is 11.1. The minimum Gasteiger partial charge on any atom is -0.325 e. The van der Waals surface area contributed by atoms with E-state index in [-0.39, 0.29) is 11.8 Å². The van der Waals surface area contributed by atoms with Gasteiger partial charge in [0.15, 0.2) is 0 Å². The molecule has 6 heteroatoms. The number of rotatable bonds is 6. The maximum absolute atomic E-state index is 12.6. The quantitative estimate of drug-likeness (QED) is 0.627. The highest BCUT2D eigenvalue weighted by Crippen LogP contribution is 2.23. The van der Waals surface area contributed by atoms with Gasteiger partial charge in [-0.25, -0.2) is 0 Å². The standard InChI is InChI=1S/C26H30N4O2/c1-19-7-5-11-23(20(19)2)27-25(31)17-29-13-15-30(16-14-29)18-26(32)28-24-12-6-9-21-8-3-4-10-22(21)24/h3-12H,13-18H2,1-2H3,(H,27,31)(H,28,32). The number of carbonyl (C=O) groups is 2. The monoisotopic (exact) mass is 430 g/mol. The summed E-state index contributed by atoms with van der Waals surface area (Å²) in [4.78, 5) is 29.4. The first kappa shape index (κ1) is 22.0. The zero-order valence-electron chi connectivity index (χ0n) is 18.7. The summed E-state index contributed by atoms with van der Waals surface area (Å²) >= 11 is 0. The highest BCUT2D eigenvalue weighted by atomic mass is 16.2. The molecule has 166 valence electrons. The van der Waals surface area contributed by atoms with E-state index in [1.807, 2.05) is 74.5 Å². The molecule has 32 heavy (non-hydrogen) atoms. The number of benzene rings is 3. The van der Waals surface area contributed by atoms with Crippen LogP contribution >= 0.6 is 0 Å². The molecule has 0 spiro atoms. The molecule has 4 rings (SSSR count). The molecule has 0 aliphatic carbocycles. The number of nitrogens with zero attached hydrogens (tertiary/aromatic N) is 2. The average molecular weight is 431 g/mol. The van der Waals surface area contributed by atoms with Crippen LogP contribution in [0.3, 0.4) is 0 Å². The van der Waals surface area contributed by atoms with E-state index >= 15 is 0 Å². The fourth-order valence-electron chi connectivity index (χ4n) is 4.11. The van der Waals surface area contributed by atoms with Gasteiger partial charge in [-0.3, -0.25) is 19.4 Å². The van der Waals surface area contributed by atoms with Crippen LogP contribution in [0.25, 0.3) is 10.8 Å². The maximum atomic E-state index is 12.6. The second kappa shape index (κ2) is 9.94. The second-order valence-corrected chi connectivity index (χ2v) is 8.42. The molecular formula is C26H30N4O2. The Kier molecular flexibility index (Phi) is 6.83. The largest absolute Gasteiger partial charge is 0.325 e. The molecule has 1 heterocycles. The minimum absolute atomic E-state index is 0.000786. The lowest BCUT2D eigenvalue weighted by Crippen LogP contribution is -2.50.